The third-order valence-corrected chi connectivity index (χ3v) is 1.78. The molecule has 0 atom stereocenters. The molecule has 3 N–H and O–H groups in total. The number of amides is 1. The summed E-state index contributed by atoms with van der Waals surface area (Å²) in [5, 5.41) is 0. The summed E-state index contributed by atoms with van der Waals surface area (Å²) in [6, 6.07) is 0. The van der Waals surface area contributed by atoms with Gasteiger partial charge in [0.2, 0.25) is 0 Å². The highest BCUT2D eigenvalue weighted by atomic mass is 16.6. The average molecular weight is 226 g/mol. The molecular formula is C10H18N4O2. The number of aryl methyl sites for hydroxylation is 1. The second-order valence-electron chi connectivity index (χ2n) is 4.45. The van der Waals surface area contributed by atoms with Crippen LogP contribution in [-0.4, -0.2) is 21.7 Å². The van der Waals surface area contributed by atoms with Crippen LogP contribution in [-0.2, 0) is 11.3 Å². The molecule has 6 nitrogen and oxygen atoms in total. The molecule has 6 heteroatoms. The number of hydrogen-bond donors (Lipinski definition) is 3. The van der Waals surface area contributed by atoms with Crippen molar-refractivity contribution in [3.63, 3.8) is 0 Å². The first-order valence-corrected chi connectivity index (χ1v) is 5.09. The van der Waals surface area contributed by atoms with Gasteiger partial charge in [0.25, 0.3) is 0 Å². The number of carbonyl (C=O) groups is 1. The van der Waals surface area contributed by atoms with Crippen molar-refractivity contribution in [2.24, 2.45) is 0 Å². The Morgan fingerprint density at radius 3 is 2.75 bits per heavy atom. The van der Waals surface area contributed by atoms with Crippen molar-refractivity contribution < 1.29 is 9.53 Å². The lowest BCUT2D eigenvalue weighted by Crippen LogP contribution is -2.40. The summed E-state index contributed by atoms with van der Waals surface area (Å²) in [4.78, 5) is 18.3. The summed E-state index contributed by atoms with van der Waals surface area (Å²) in [6.07, 6.45) is 1.11. The number of aromatic amines is 1. The summed E-state index contributed by atoms with van der Waals surface area (Å²) in [5.74, 6) is 0. The zero-order valence-corrected chi connectivity index (χ0v) is 10.0. The minimum absolute atomic E-state index is 0.453. The maximum absolute atomic E-state index is 11.2. The van der Waals surface area contributed by atoms with E-state index in [2.05, 4.69) is 20.8 Å². The lowest BCUT2D eigenvalue weighted by molar-refractivity contribution is 0.0496. The number of aromatic nitrogens is 2. The van der Waals surface area contributed by atoms with Gasteiger partial charge in [0.05, 0.1) is 18.6 Å². The predicted molar refractivity (Wildman–Crippen MR) is 59.5 cm³/mol. The molecule has 1 heterocycles. The van der Waals surface area contributed by atoms with Crippen LogP contribution in [0.2, 0.25) is 0 Å². The first-order valence-electron chi connectivity index (χ1n) is 5.09. The first kappa shape index (κ1) is 12.5. The van der Waals surface area contributed by atoms with E-state index in [4.69, 9.17) is 4.74 Å². The number of ether oxygens (including phenoxy) is 1. The highest BCUT2D eigenvalue weighted by molar-refractivity contribution is 5.66. The van der Waals surface area contributed by atoms with E-state index in [0.717, 1.165) is 11.4 Å². The Hall–Kier alpha value is -1.56. The summed E-state index contributed by atoms with van der Waals surface area (Å²) in [5.41, 5.74) is 6.52. The van der Waals surface area contributed by atoms with Gasteiger partial charge in [0.1, 0.15) is 5.60 Å². The van der Waals surface area contributed by atoms with Crippen molar-refractivity contribution in [2.75, 3.05) is 0 Å². The molecule has 1 amide bonds. The van der Waals surface area contributed by atoms with E-state index in [0.29, 0.717) is 6.54 Å². The normalized spacial score (nSPS) is 11.2. The molecule has 1 rings (SSSR count). The summed E-state index contributed by atoms with van der Waals surface area (Å²) in [7, 11) is 0. The third kappa shape index (κ3) is 4.31. The molecule has 0 aromatic carbocycles. The van der Waals surface area contributed by atoms with Gasteiger partial charge in [0.15, 0.2) is 0 Å². The van der Waals surface area contributed by atoms with Crippen LogP contribution in [0.25, 0.3) is 0 Å². The maximum Gasteiger partial charge on any atom is 0.422 e. The minimum atomic E-state index is -0.499. The molecule has 0 bridgehead atoms. The summed E-state index contributed by atoms with van der Waals surface area (Å²) < 4.78 is 5.05. The maximum atomic E-state index is 11.2. The lowest BCUT2D eigenvalue weighted by Gasteiger charge is -2.19. The van der Waals surface area contributed by atoms with Crippen molar-refractivity contribution >= 4 is 6.09 Å². The van der Waals surface area contributed by atoms with Crippen LogP contribution in [0.4, 0.5) is 4.79 Å². The van der Waals surface area contributed by atoms with Gasteiger partial charge in [0, 0.05) is 5.69 Å². The Bertz CT molecular complexity index is 354. The number of nitrogens with zero attached hydrogens (tertiary/aromatic N) is 1. The summed E-state index contributed by atoms with van der Waals surface area (Å²) in [6.45, 7) is 7.80. The van der Waals surface area contributed by atoms with Crippen LogP contribution in [0.5, 0.6) is 0 Å². The van der Waals surface area contributed by atoms with Gasteiger partial charge >= 0.3 is 6.09 Å². The van der Waals surface area contributed by atoms with E-state index < -0.39 is 11.7 Å². The minimum Gasteiger partial charge on any atom is -0.443 e. The molecule has 0 aliphatic carbocycles. The number of H-pyrrole nitrogens is 1. The Morgan fingerprint density at radius 2 is 2.25 bits per heavy atom. The monoisotopic (exact) mass is 226 g/mol. The van der Waals surface area contributed by atoms with Crippen molar-refractivity contribution in [1.29, 1.82) is 0 Å². The van der Waals surface area contributed by atoms with Gasteiger partial charge in [-0.25, -0.2) is 15.2 Å². The van der Waals surface area contributed by atoms with Gasteiger partial charge in [-0.2, -0.15) is 0 Å². The molecule has 0 saturated heterocycles. The molecular weight excluding hydrogens is 208 g/mol. The van der Waals surface area contributed by atoms with E-state index in [1.807, 2.05) is 27.7 Å². The molecule has 1 aromatic rings. The largest absolute Gasteiger partial charge is 0.443 e. The van der Waals surface area contributed by atoms with Gasteiger partial charge in [-0.1, -0.05) is 0 Å². The topological polar surface area (TPSA) is 79.0 Å². The number of imidazole rings is 1. The highest BCUT2D eigenvalue weighted by Gasteiger charge is 2.15. The number of nitrogens with one attached hydrogen (secondary N) is 3. The third-order valence-electron chi connectivity index (χ3n) is 1.78. The van der Waals surface area contributed by atoms with E-state index in [9.17, 15) is 4.79 Å². The number of hydrogen-bond acceptors (Lipinski definition) is 4. The lowest BCUT2D eigenvalue weighted by atomic mass is 10.2. The standard InChI is InChI=1S/C10H18N4O2/c1-7-8(12-6-11-7)5-13-14-9(15)16-10(2,3)4/h6,13H,5H2,1-4H3,(H,11,12)(H,14,15). The second-order valence-corrected chi connectivity index (χ2v) is 4.45. The molecule has 0 spiro atoms. The van der Waals surface area contributed by atoms with Crippen molar-refractivity contribution in [2.45, 2.75) is 39.8 Å². The molecule has 90 valence electrons. The van der Waals surface area contributed by atoms with Gasteiger partial charge in [-0.15, -0.1) is 0 Å². The van der Waals surface area contributed by atoms with E-state index in [1.165, 1.54) is 0 Å². The average Bonchev–Trinajstić information content (AvgIpc) is 2.48. The first-order chi connectivity index (χ1) is 7.38. The quantitative estimate of drug-likeness (QED) is 0.678. The van der Waals surface area contributed by atoms with Crippen LogP contribution in [0.15, 0.2) is 6.33 Å². The molecule has 0 aliphatic rings. The Labute approximate surface area is 94.8 Å². The fourth-order valence-electron chi connectivity index (χ4n) is 1.07. The van der Waals surface area contributed by atoms with E-state index in [-0.39, 0.29) is 0 Å². The number of rotatable bonds is 3. The number of carbonyl (C=O) groups excluding carboxylic acids is 1. The number of hydrazine groups is 1. The van der Waals surface area contributed by atoms with E-state index in [1.54, 1.807) is 6.33 Å². The van der Waals surface area contributed by atoms with Gasteiger partial charge < -0.3 is 9.72 Å². The van der Waals surface area contributed by atoms with Crippen LogP contribution >= 0.6 is 0 Å². The van der Waals surface area contributed by atoms with Gasteiger partial charge in [-0.05, 0) is 27.7 Å². The fraction of sp³-hybridized carbons (Fsp3) is 0.600. The Balaban J connectivity index is 2.26. The van der Waals surface area contributed by atoms with Crippen molar-refractivity contribution in [3.8, 4) is 0 Å². The van der Waals surface area contributed by atoms with Crippen LogP contribution < -0.4 is 10.9 Å². The predicted octanol–water partition coefficient (Wildman–Crippen LogP) is 1.25. The van der Waals surface area contributed by atoms with Crippen molar-refractivity contribution in [1.82, 2.24) is 20.8 Å². The van der Waals surface area contributed by atoms with E-state index >= 15 is 0 Å². The molecule has 1 aromatic heterocycles. The SMILES string of the molecule is Cc1[nH]cnc1CNNC(=O)OC(C)(C)C. The molecule has 0 unspecified atom stereocenters. The Morgan fingerprint density at radius 1 is 1.56 bits per heavy atom. The van der Waals surface area contributed by atoms with Crippen molar-refractivity contribution in [3.05, 3.63) is 17.7 Å². The summed E-state index contributed by atoms with van der Waals surface area (Å²) >= 11 is 0. The van der Waals surface area contributed by atoms with Crippen LogP contribution in [0.3, 0.4) is 0 Å². The Kier molecular flexibility index (Phi) is 3.89. The zero-order valence-electron chi connectivity index (χ0n) is 10.0. The molecule has 0 radical (unpaired) electrons. The van der Waals surface area contributed by atoms with Crippen LogP contribution in [0, 0.1) is 6.92 Å². The van der Waals surface area contributed by atoms with Crippen LogP contribution in [0.1, 0.15) is 32.2 Å². The smallest absolute Gasteiger partial charge is 0.422 e. The molecule has 0 fully saturated rings. The highest BCUT2D eigenvalue weighted by Crippen LogP contribution is 2.06. The zero-order chi connectivity index (χ0) is 12.2. The second kappa shape index (κ2) is 4.98. The van der Waals surface area contributed by atoms with Gasteiger partial charge in [-0.3, -0.25) is 5.43 Å². The molecule has 16 heavy (non-hydrogen) atoms. The fourth-order valence-corrected chi connectivity index (χ4v) is 1.07. The molecule has 0 saturated carbocycles. The molecule has 0 aliphatic heterocycles.